The van der Waals surface area contributed by atoms with Crippen LogP contribution in [0.1, 0.15) is 43.6 Å². The van der Waals surface area contributed by atoms with Crippen LogP contribution in [0.25, 0.3) is 0 Å². The third-order valence-corrected chi connectivity index (χ3v) is 7.12. The van der Waals surface area contributed by atoms with Crippen molar-refractivity contribution >= 4 is 15.9 Å². The molecule has 25 heavy (non-hydrogen) atoms. The zero-order valence-corrected chi connectivity index (χ0v) is 15.6. The number of hydrogen-bond acceptors (Lipinski definition) is 6. The summed E-state index contributed by atoms with van der Waals surface area (Å²) in [7, 11) is -3.89. The molecule has 0 bridgehead atoms. The van der Waals surface area contributed by atoms with E-state index < -0.39 is 15.6 Å². The van der Waals surface area contributed by atoms with Gasteiger partial charge in [-0.15, -0.1) is 0 Å². The van der Waals surface area contributed by atoms with Crippen molar-refractivity contribution in [1.82, 2.24) is 14.8 Å². The van der Waals surface area contributed by atoms with Gasteiger partial charge in [0, 0.05) is 13.1 Å². The number of carbonyl (C=O) groups excluding carboxylic acids is 1. The molecule has 1 saturated heterocycles. The maximum absolute atomic E-state index is 13.2. The summed E-state index contributed by atoms with van der Waals surface area (Å²) in [6, 6.07) is 0. The average molecular weight is 370 g/mol. The fraction of sp³-hybridized carbons (Fsp3) is 0.750. The average Bonchev–Trinajstić information content (AvgIpc) is 3.27. The molecule has 1 amide bonds. The third-order valence-electron chi connectivity index (χ3n) is 5.34. The Kier molecular flexibility index (Phi) is 4.91. The van der Waals surface area contributed by atoms with E-state index in [1.165, 1.54) is 0 Å². The normalized spacial score (nSPS) is 23.3. The number of nitrogens with one attached hydrogen (secondary N) is 1. The van der Waals surface area contributed by atoms with E-state index in [9.17, 15) is 13.2 Å². The first-order valence-corrected chi connectivity index (χ1v) is 10.2. The van der Waals surface area contributed by atoms with Crippen LogP contribution in [-0.2, 0) is 14.8 Å². The van der Waals surface area contributed by atoms with Crippen LogP contribution in [0, 0.1) is 19.8 Å². The van der Waals surface area contributed by atoms with Crippen LogP contribution >= 0.6 is 0 Å². The molecule has 0 radical (unpaired) electrons. The lowest BCUT2D eigenvalue weighted by Crippen LogP contribution is -2.57. The predicted octanol–water partition coefficient (Wildman–Crippen LogP) is 0.690. The molecule has 3 rings (SSSR count). The highest BCUT2D eigenvalue weighted by Gasteiger charge is 2.48. The van der Waals surface area contributed by atoms with Gasteiger partial charge < -0.3 is 15.2 Å². The molecule has 1 aromatic heterocycles. The Balaban J connectivity index is 1.87. The predicted molar refractivity (Wildman–Crippen MR) is 91.2 cm³/mol. The van der Waals surface area contributed by atoms with E-state index in [4.69, 9.17) is 10.3 Å². The smallest absolute Gasteiger partial charge is 0.246 e. The van der Waals surface area contributed by atoms with Gasteiger partial charge in [-0.2, -0.15) is 4.72 Å². The molecule has 9 heteroatoms. The van der Waals surface area contributed by atoms with Crippen molar-refractivity contribution in [3.63, 3.8) is 0 Å². The molecule has 1 unspecified atom stereocenters. The quantitative estimate of drug-likeness (QED) is 0.787. The minimum atomic E-state index is -3.89. The van der Waals surface area contributed by atoms with Gasteiger partial charge in [0.15, 0.2) is 5.76 Å². The maximum Gasteiger partial charge on any atom is 0.246 e. The summed E-state index contributed by atoms with van der Waals surface area (Å²) in [4.78, 5) is 15.0. The first-order valence-electron chi connectivity index (χ1n) is 8.75. The summed E-state index contributed by atoms with van der Waals surface area (Å²) >= 11 is 0. The molecule has 8 nitrogen and oxygen atoms in total. The van der Waals surface area contributed by atoms with Gasteiger partial charge in [0.1, 0.15) is 16.1 Å². The van der Waals surface area contributed by atoms with Gasteiger partial charge >= 0.3 is 0 Å². The molecule has 2 heterocycles. The van der Waals surface area contributed by atoms with Crippen molar-refractivity contribution in [1.29, 1.82) is 0 Å². The number of rotatable bonds is 5. The first kappa shape index (κ1) is 18.3. The highest BCUT2D eigenvalue weighted by Crippen LogP contribution is 2.35. The Hall–Kier alpha value is -1.45. The van der Waals surface area contributed by atoms with Crippen LogP contribution in [0.3, 0.4) is 0 Å². The van der Waals surface area contributed by atoms with Gasteiger partial charge in [0.25, 0.3) is 0 Å². The second kappa shape index (κ2) is 6.69. The fourth-order valence-corrected chi connectivity index (χ4v) is 5.77. The van der Waals surface area contributed by atoms with Crippen molar-refractivity contribution < 1.29 is 17.7 Å². The Morgan fingerprint density at radius 1 is 1.40 bits per heavy atom. The van der Waals surface area contributed by atoms with E-state index in [-0.39, 0.29) is 16.6 Å². The first-order chi connectivity index (χ1) is 11.8. The number of sulfonamides is 1. The number of carbonyl (C=O) groups is 1. The molecule has 1 aliphatic heterocycles. The van der Waals surface area contributed by atoms with Crippen molar-refractivity contribution in [2.75, 3.05) is 19.6 Å². The van der Waals surface area contributed by atoms with Crippen LogP contribution in [0.15, 0.2) is 9.42 Å². The molecule has 1 aliphatic carbocycles. The van der Waals surface area contributed by atoms with Gasteiger partial charge in [0.2, 0.25) is 15.9 Å². The van der Waals surface area contributed by atoms with Gasteiger partial charge in [0.05, 0.1) is 0 Å². The molecule has 0 spiro atoms. The largest absolute Gasteiger partial charge is 0.360 e. The van der Waals surface area contributed by atoms with Crippen LogP contribution in [0.4, 0.5) is 0 Å². The van der Waals surface area contributed by atoms with Crippen LogP contribution in [0.5, 0.6) is 0 Å². The zero-order chi connectivity index (χ0) is 18.2. The number of nitrogens with two attached hydrogens (primary N) is 1. The molecule has 2 fully saturated rings. The number of amides is 1. The lowest BCUT2D eigenvalue weighted by atomic mass is 9.97. The van der Waals surface area contributed by atoms with Crippen molar-refractivity contribution in [2.45, 2.75) is 56.4 Å². The van der Waals surface area contributed by atoms with Gasteiger partial charge in [-0.25, -0.2) is 8.42 Å². The topological polar surface area (TPSA) is 119 Å². The van der Waals surface area contributed by atoms with E-state index in [1.807, 2.05) is 0 Å². The minimum Gasteiger partial charge on any atom is -0.360 e. The molecule has 1 saturated carbocycles. The summed E-state index contributed by atoms with van der Waals surface area (Å²) in [6.07, 6.45) is 3.54. The number of aromatic nitrogens is 1. The van der Waals surface area contributed by atoms with E-state index in [0.717, 1.165) is 19.3 Å². The second-order valence-corrected chi connectivity index (χ2v) is 8.81. The Morgan fingerprint density at radius 3 is 2.60 bits per heavy atom. The lowest BCUT2D eigenvalue weighted by Gasteiger charge is -2.33. The Morgan fingerprint density at radius 2 is 2.08 bits per heavy atom. The molecular weight excluding hydrogens is 344 g/mol. The summed E-state index contributed by atoms with van der Waals surface area (Å²) in [5.74, 6) is 0.396. The molecule has 140 valence electrons. The standard InChI is InChI=1S/C16H26N4O4S/c1-11-14(12(2)24-18-11)25(22,23)19-16(6-3-4-7-16)15(21)20-8-5-13(9-17)10-20/h13,19H,3-10,17H2,1-2H3. The Bertz CT molecular complexity index is 733. The maximum atomic E-state index is 13.2. The molecule has 2 aliphatic rings. The van der Waals surface area contributed by atoms with Gasteiger partial charge in [-0.3, -0.25) is 4.79 Å². The van der Waals surface area contributed by atoms with Gasteiger partial charge in [-0.1, -0.05) is 18.0 Å². The molecule has 1 aromatic rings. The van der Waals surface area contributed by atoms with Crippen LogP contribution in [-0.4, -0.2) is 49.6 Å². The Labute approximate surface area is 148 Å². The van der Waals surface area contributed by atoms with Crippen LogP contribution in [0.2, 0.25) is 0 Å². The second-order valence-electron chi connectivity index (χ2n) is 7.19. The van der Waals surface area contributed by atoms with Crippen molar-refractivity contribution in [2.24, 2.45) is 11.7 Å². The SMILES string of the molecule is Cc1noc(C)c1S(=O)(=O)NC1(C(=O)N2CCC(CN)C2)CCCC1. The fourth-order valence-electron chi connectivity index (χ4n) is 4.02. The number of aryl methyl sites for hydroxylation is 2. The summed E-state index contributed by atoms with van der Waals surface area (Å²) in [6.45, 7) is 4.92. The van der Waals surface area contributed by atoms with E-state index >= 15 is 0 Å². The monoisotopic (exact) mass is 370 g/mol. The minimum absolute atomic E-state index is 0.0350. The number of hydrogen-bond donors (Lipinski definition) is 2. The zero-order valence-electron chi connectivity index (χ0n) is 14.7. The highest BCUT2D eigenvalue weighted by atomic mass is 32.2. The lowest BCUT2D eigenvalue weighted by molar-refractivity contribution is -0.136. The van der Waals surface area contributed by atoms with E-state index in [2.05, 4.69) is 9.88 Å². The number of likely N-dealkylation sites (tertiary alicyclic amines) is 1. The summed E-state index contributed by atoms with van der Waals surface area (Å²) < 4.78 is 33.6. The molecular formula is C16H26N4O4S. The summed E-state index contributed by atoms with van der Waals surface area (Å²) in [5.41, 5.74) is 4.94. The van der Waals surface area contributed by atoms with E-state index in [1.54, 1.807) is 18.7 Å². The molecule has 0 aromatic carbocycles. The molecule has 1 atom stereocenters. The van der Waals surface area contributed by atoms with Crippen LogP contribution < -0.4 is 10.5 Å². The van der Waals surface area contributed by atoms with E-state index in [0.29, 0.717) is 44.1 Å². The van der Waals surface area contributed by atoms with Gasteiger partial charge in [-0.05, 0) is 45.6 Å². The highest BCUT2D eigenvalue weighted by molar-refractivity contribution is 7.89. The third kappa shape index (κ3) is 3.32. The molecule has 3 N–H and O–H groups in total. The van der Waals surface area contributed by atoms with Crippen molar-refractivity contribution in [3.05, 3.63) is 11.5 Å². The number of nitrogens with zero attached hydrogens (tertiary/aromatic N) is 2. The summed E-state index contributed by atoms with van der Waals surface area (Å²) in [5, 5.41) is 3.72. The van der Waals surface area contributed by atoms with Crippen molar-refractivity contribution in [3.8, 4) is 0 Å².